The predicted molar refractivity (Wildman–Crippen MR) is 77.4 cm³/mol. The third kappa shape index (κ3) is 6.25. The van der Waals surface area contributed by atoms with E-state index in [-0.39, 0.29) is 11.9 Å². The van der Waals surface area contributed by atoms with Gasteiger partial charge in [-0.3, -0.25) is 4.79 Å². The van der Waals surface area contributed by atoms with Crippen LogP contribution in [-0.4, -0.2) is 25.1 Å². The molecule has 0 spiro atoms. The van der Waals surface area contributed by atoms with Crippen molar-refractivity contribution in [3.63, 3.8) is 0 Å². The molecule has 0 fully saturated rings. The van der Waals surface area contributed by atoms with Crippen LogP contribution in [0, 0.1) is 0 Å². The second kappa shape index (κ2) is 8.53. The van der Waals surface area contributed by atoms with Gasteiger partial charge in [0.05, 0.1) is 6.61 Å². The van der Waals surface area contributed by atoms with Gasteiger partial charge >= 0.3 is 0 Å². The summed E-state index contributed by atoms with van der Waals surface area (Å²) in [5.41, 5.74) is 6.27. The Hall–Kier alpha value is -1.55. The number of benzene rings is 1. The van der Waals surface area contributed by atoms with Crippen LogP contribution in [0.5, 0.6) is 5.75 Å². The molecule has 0 heterocycles. The van der Waals surface area contributed by atoms with Gasteiger partial charge < -0.3 is 15.8 Å². The van der Waals surface area contributed by atoms with E-state index in [4.69, 9.17) is 10.5 Å². The van der Waals surface area contributed by atoms with Crippen molar-refractivity contribution in [2.45, 2.75) is 39.2 Å². The fourth-order valence-corrected chi connectivity index (χ4v) is 1.55. The first-order chi connectivity index (χ1) is 9.13. The topological polar surface area (TPSA) is 64.3 Å². The zero-order valence-corrected chi connectivity index (χ0v) is 11.8. The Morgan fingerprint density at radius 2 is 2.05 bits per heavy atom. The maximum absolute atomic E-state index is 11.8. The van der Waals surface area contributed by atoms with Gasteiger partial charge in [0.25, 0.3) is 5.91 Å². The van der Waals surface area contributed by atoms with E-state index in [0.29, 0.717) is 12.1 Å². The Morgan fingerprint density at radius 3 is 2.63 bits per heavy atom. The Labute approximate surface area is 115 Å². The molecule has 3 N–H and O–H groups in total. The van der Waals surface area contributed by atoms with Crippen molar-refractivity contribution in [3.05, 3.63) is 29.8 Å². The number of ether oxygens (including phenoxy) is 1. The molecule has 0 radical (unpaired) electrons. The van der Waals surface area contributed by atoms with Crippen LogP contribution in [0.25, 0.3) is 0 Å². The Balaban J connectivity index is 2.39. The monoisotopic (exact) mass is 264 g/mol. The van der Waals surface area contributed by atoms with E-state index in [1.165, 1.54) is 0 Å². The van der Waals surface area contributed by atoms with Gasteiger partial charge in [0.1, 0.15) is 5.75 Å². The molecule has 1 aromatic rings. The number of hydrogen-bond donors (Lipinski definition) is 2. The second-order valence-corrected chi connectivity index (χ2v) is 4.75. The zero-order chi connectivity index (χ0) is 14.1. The number of hydrogen-bond acceptors (Lipinski definition) is 3. The lowest BCUT2D eigenvalue weighted by Crippen LogP contribution is -2.28. The fourth-order valence-electron chi connectivity index (χ4n) is 1.55. The minimum atomic E-state index is -0.0687. The standard InChI is InChI=1S/C15H24N2O2/c1-3-4-11-19-14-7-5-13(6-8-14)15(18)17-10-9-12(2)16/h5-8,12H,3-4,9-11,16H2,1-2H3,(H,17,18). The van der Waals surface area contributed by atoms with Crippen LogP contribution in [0.4, 0.5) is 0 Å². The number of rotatable bonds is 8. The van der Waals surface area contributed by atoms with Gasteiger partial charge in [0.2, 0.25) is 0 Å². The smallest absolute Gasteiger partial charge is 0.251 e. The molecule has 0 aliphatic rings. The van der Waals surface area contributed by atoms with Crippen molar-refractivity contribution in [2.24, 2.45) is 5.73 Å². The molecule has 19 heavy (non-hydrogen) atoms. The molecule has 0 saturated heterocycles. The molecular formula is C15H24N2O2. The molecule has 0 bridgehead atoms. The summed E-state index contributed by atoms with van der Waals surface area (Å²) in [7, 11) is 0. The molecule has 1 unspecified atom stereocenters. The highest BCUT2D eigenvalue weighted by atomic mass is 16.5. The van der Waals surface area contributed by atoms with Gasteiger partial charge in [0, 0.05) is 18.2 Å². The molecule has 4 nitrogen and oxygen atoms in total. The highest BCUT2D eigenvalue weighted by Crippen LogP contribution is 2.12. The molecule has 0 saturated carbocycles. The largest absolute Gasteiger partial charge is 0.494 e. The lowest BCUT2D eigenvalue weighted by molar-refractivity contribution is 0.0953. The SMILES string of the molecule is CCCCOc1ccc(C(=O)NCCC(C)N)cc1. The van der Waals surface area contributed by atoms with Gasteiger partial charge in [-0.15, -0.1) is 0 Å². The number of unbranched alkanes of at least 4 members (excludes halogenated alkanes) is 1. The van der Waals surface area contributed by atoms with E-state index >= 15 is 0 Å². The zero-order valence-electron chi connectivity index (χ0n) is 11.8. The first-order valence-electron chi connectivity index (χ1n) is 6.90. The summed E-state index contributed by atoms with van der Waals surface area (Å²) >= 11 is 0. The number of amides is 1. The summed E-state index contributed by atoms with van der Waals surface area (Å²) < 4.78 is 5.55. The summed E-state index contributed by atoms with van der Waals surface area (Å²) in [5, 5.41) is 2.84. The van der Waals surface area contributed by atoms with Crippen LogP contribution in [-0.2, 0) is 0 Å². The van der Waals surface area contributed by atoms with Crippen molar-refractivity contribution in [1.82, 2.24) is 5.32 Å². The first kappa shape index (κ1) is 15.5. The fraction of sp³-hybridized carbons (Fsp3) is 0.533. The first-order valence-corrected chi connectivity index (χ1v) is 6.90. The molecule has 4 heteroatoms. The normalized spacial score (nSPS) is 11.9. The average molecular weight is 264 g/mol. The molecule has 0 aliphatic carbocycles. The van der Waals surface area contributed by atoms with Crippen molar-refractivity contribution >= 4 is 5.91 Å². The maximum Gasteiger partial charge on any atom is 0.251 e. The molecule has 1 amide bonds. The van der Waals surface area contributed by atoms with E-state index in [9.17, 15) is 4.79 Å². The van der Waals surface area contributed by atoms with Crippen LogP contribution in [0.1, 0.15) is 43.5 Å². The second-order valence-electron chi connectivity index (χ2n) is 4.75. The van der Waals surface area contributed by atoms with Crippen LogP contribution < -0.4 is 15.8 Å². The molecule has 1 rings (SSSR count). The minimum Gasteiger partial charge on any atom is -0.494 e. The van der Waals surface area contributed by atoms with E-state index in [1.807, 2.05) is 19.1 Å². The third-order valence-electron chi connectivity index (χ3n) is 2.77. The maximum atomic E-state index is 11.8. The minimum absolute atomic E-state index is 0.0687. The predicted octanol–water partition coefficient (Wildman–Crippen LogP) is 2.33. The molecular weight excluding hydrogens is 240 g/mol. The summed E-state index contributed by atoms with van der Waals surface area (Å²) in [6.45, 7) is 5.37. The molecule has 0 aliphatic heterocycles. The summed E-state index contributed by atoms with van der Waals surface area (Å²) in [6, 6.07) is 7.33. The number of nitrogens with two attached hydrogens (primary N) is 1. The van der Waals surface area contributed by atoms with Crippen LogP contribution in [0.3, 0.4) is 0 Å². The lowest BCUT2D eigenvalue weighted by atomic mass is 10.2. The number of nitrogens with one attached hydrogen (secondary N) is 1. The Kier molecular flexibility index (Phi) is 6.97. The summed E-state index contributed by atoms with van der Waals surface area (Å²) in [6.07, 6.45) is 2.93. The van der Waals surface area contributed by atoms with Gasteiger partial charge in [-0.2, -0.15) is 0 Å². The molecule has 1 atom stereocenters. The van der Waals surface area contributed by atoms with E-state index in [2.05, 4.69) is 12.2 Å². The van der Waals surface area contributed by atoms with Gasteiger partial charge in [-0.1, -0.05) is 13.3 Å². The van der Waals surface area contributed by atoms with Gasteiger partial charge in [0.15, 0.2) is 0 Å². The number of carbonyl (C=O) groups is 1. The lowest BCUT2D eigenvalue weighted by Gasteiger charge is -2.08. The van der Waals surface area contributed by atoms with Gasteiger partial charge in [-0.25, -0.2) is 0 Å². The summed E-state index contributed by atoms with van der Waals surface area (Å²) in [4.78, 5) is 11.8. The Morgan fingerprint density at radius 1 is 1.37 bits per heavy atom. The van der Waals surface area contributed by atoms with Crippen LogP contribution in [0.15, 0.2) is 24.3 Å². The van der Waals surface area contributed by atoms with Gasteiger partial charge in [-0.05, 0) is 44.0 Å². The van der Waals surface area contributed by atoms with Crippen LogP contribution in [0.2, 0.25) is 0 Å². The van der Waals surface area contributed by atoms with Crippen LogP contribution >= 0.6 is 0 Å². The van der Waals surface area contributed by atoms with Crippen molar-refractivity contribution in [2.75, 3.05) is 13.2 Å². The van der Waals surface area contributed by atoms with Crippen molar-refractivity contribution < 1.29 is 9.53 Å². The Bertz CT molecular complexity index is 374. The average Bonchev–Trinajstić information content (AvgIpc) is 2.39. The molecule has 106 valence electrons. The van der Waals surface area contributed by atoms with E-state index in [0.717, 1.165) is 31.6 Å². The third-order valence-corrected chi connectivity index (χ3v) is 2.77. The highest BCUT2D eigenvalue weighted by molar-refractivity contribution is 5.94. The number of carbonyl (C=O) groups excluding carboxylic acids is 1. The molecule has 1 aromatic carbocycles. The summed E-state index contributed by atoms with van der Waals surface area (Å²) in [5.74, 6) is 0.737. The van der Waals surface area contributed by atoms with Crippen molar-refractivity contribution in [1.29, 1.82) is 0 Å². The van der Waals surface area contributed by atoms with E-state index < -0.39 is 0 Å². The quantitative estimate of drug-likeness (QED) is 0.708. The molecule has 0 aromatic heterocycles. The van der Waals surface area contributed by atoms with E-state index in [1.54, 1.807) is 12.1 Å². The highest BCUT2D eigenvalue weighted by Gasteiger charge is 2.05. The van der Waals surface area contributed by atoms with Crippen molar-refractivity contribution in [3.8, 4) is 5.75 Å².